The highest BCUT2D eigenvalue weighted by Gasteiger charge is 2.50. The minimum atomic E-state index is -0.452. The van der Waals surface area contributed by atoms with Gasteiger partial charge < -0.3 is 14.5 Å². The van der Waals surface area contributed by atoms with Crippen LogP contribution >= 0.6 is 0 Å². The van der Waals surface area contributed by atoms with Gasteiger partial charge in [0.1, 0.15) is 6.54 Å². The van der Waals surface area contributed by atoms with Gasteiger partial charge in [0, 0.05) is 51.3 Å². The highest BCUT2D eigenvalue weighted by Crippen LogP contribution is 2.41. The summed E-state index contributed by atoms with van der Waals surface area (Å²) in [7, 11) is 0. The van der Waals surface area contributed by atoms with Crippen molar-refractivity contribution in [3.05, 3.63) is 28.9 Å². The normalized spacial score (nSPS) is 26.7. The molecule has 146 valence electrons. The maximum atomic E-state index is 13.3. The molecule has 3 aliphatic rings. The molecule has 0 unspecified atom stereocenters. The summed E-state index contributed by atoms with van der Waals surface area (Å²) in [6.07, 6.45) is 7.30. The Balaban J connectivity index is 1.44. The monoisotopic (exact) mass is 374 g/mol. The lowest BCUT2D eigenvalue weighted by Gasteiger charge is -2.44. The molecule has 0 aliphatic carbocycles. The molecular formula is C19H26N4O4. The summed E-state index contributed by atoms with van der Waals surface area (Å²) >= 11 is 0. The Morgan fingerprint density at radius 3 is 2.81 bits per heavy atom. The van der Waals surface area contributed by atoms with Gasteiger partial charge in [-0.25, -0.2) is 9.78 Å². The van der Waals surface area contributed by atoms with Gasteiger partial charge in [-0.1, -0.05) is 0 Å². The number of carbonyl (C=O) groups is 2. The van der Waals surface area contributed by atoms with Crippen molar-refractivity contribution in [3.63, 3.8) is 0 Å². The predicted molar refractivity (Wildman–Crippen MR) is 96.9 cm³/mol. The van der Waals surface area contributed by atoms with E-state index in [1.165, 1.54) is 10.8 Å². The van der Waals surface area contributed by atoms with Crippen LogP contribution in [0.5, 0.6) is 0 Å². The number of nitrogens with zero attached hydrogens (tertiary/aromatic N) is 4. The van der Waals surface area contributed by atoms with Crippen LogP contribution in [-0.2, 0) is 20.9 Å². The average molecular weight is 374 g/mol. The van der Waals surface area contributed by atoms with Crippen molar-refractivity contribution < 1.29 is 14.3 Å². The smallest absolute Gasteiger partial charge is 0.347 e. The molecule has 4 heterocycles. The van der Waals surface area contributed by atoms with E-state index in [4.69, 9.17) is 4.74 Å². The number of rotatable bonds is 3. The minimum Gasteiger partial charge on any atom is -0.381 e. The molecule has 0 radical (unpaired) electrons. The van der Waals surface area contributed by atoms with Crippen molar-refractivity contribution in [2.75, 3.05) is 32.8 Å². The summed E-state index contributed by atoms with van der Waals surface area (Å²) in [5.41, 5.74) is -0.884. The highest BCUT2D eigenvalue weighted by atomic mass is 16.5. The second kappa shape index (κ2) is 7.42. The molecule has 8 nitrogen and oxygen atoms in total. The SMILES string of the molecule is O=C(Cn1cccnc1=O)N1CC[C@@]2(CCCN(C3CCOCC3)C2=O)C1. The van der Waals surface area contributed by atoms with E-state index >= 15 is 0 Å². The number of carbonyl (C=O) groups excluding carboxylic acids is 2. The Labute approximate surface area is 158 Å². The fraction of sp³-hybridized carbons (Fsp3) is 0.684. The van der Waals surface area contributed by atoms with Crippen LogP contribution in [0, 0.1) is 5.41 Å². The van der Waals surface area contributed by atoms with Gasteiger partial charge in [-0.2, -0.15) is 0 Å². The van der Waals surface area contributed by atoms with Crippen LogP contribution < -0.4 is 5.69 Å². The summed E-state index contributed by atoms with van der Waals surface area (Å²) in [5, 5.41) is 0. The van der Waals surface area contributed by atoms with Gasteiger partial charge in [-0.15, -0.1) is 0 Å². The lowest BCUT2D eigenvalue weighted by atomic mass is 9.77. The standard InChI is InChI=1S/C19H26N4O4/c24-16(13-21-8-2-7-20-18(21)26)22-10-6-19(14-22)5-1-9-23(17(19)25)15-3-11-27-12-4-15/h2,7-8,15H,1,3-6,9-14H2/t19-/m0/s1. The Bertz CT molecular complexity index is 773. The summed E-state index contributed by atoms with van der Waals surface area (Å²) in [5.74, 6) is 0.0764. The van der Waals surface area contributed by atoms with E-state index in [-0.39, 0.29) is 24.4 Å². The van der Waals surface area contributed by atoms with Gasteiger partial charge in [0.15, 0.2) is 0 Å². The van der Waals surface area contributed by atoms with E-state index in [0.717, 1.165) is 32.2 Å². The van der Waals surface area contributed by atoms with Crippen LogP contribution in [0.25, 0.3) is 0 Å². The molecule has 1 aromatic heterocycles. The van der Waals surface area contributed by atoms with Crippen molar-refractivity contribution >= 4 is 11.8 Å². The quantitative estimate of drug-likeness (QED) is 0.758. The van der Waals surface area contributed by atoms with Gasteiger partial charge in [0.05, 0.1) is 5.41 Å². The van der Waals surface area contributed by atoms with Gasteiger partial charge in [0.25, 0.3) is 0 Å². The van der Waals surface area contributed by atoms with Crippen LogP contribution in [0.2, 0.25) is 0 Å². The van der Waals surface area contributed by atoms with Crippen LogP contribution in [0.3, 0.4) is 0 Å². The van der Waals surface area contributed by atoms with Crippen molar-refractivity contribution in [1.82, 2.24) is 19.4 Å². The maximum absolute atomic E-state index is 13.3. The Morgan fingerprint density at radius 2 is 2.04 bits per heavy atom. The number of aromatic nitrogens is 2. The fourth-order valence-electron chi connectivity index (χ4n) is 4.66. The molecule has 0 saturated carbocycles. The zero-order valence-corrected chi connectivity index (χ0v) is 15.5. The number of hydrogen-bond acceptors (Lipinski definition) is 5. The third kappa shape index (κ3) is 3.50. The van der Waals surface area contributed by atoms with E-state index in [2.05, 4.69) is 4.98 Å². The molecule has 1 spiro atoms. The fourth-order valence-corrected chi connectivity index (χ4v) is 4.66. The van der Waals surface area contributed by atoms with Crippen LogP contribution in [0.15, 0.2) is 23.3 Å². The van der Waals surface area contributed by atoms with E-state index in [1.807, 2.05) is 4.90 Å². The summed E-state index contributed by atoms with van der Waals surface area (Å²) in [6, 6.07) is 1.90. The number of piperidine rings is 1. The molecule has 3 fully saturated rings. The van der Waals surface area contributed by atoms with Gasteiger partial charge in [-0.3, -0.25) is 14.2 Å². The number of likely N-dealkylation sites (tertiary alicyclic amines) is 2. The zero-order chi connectivity index (χ0) is 18.9. The molecule has 0 aromatic carbocycles. The number of hydrogen-bond donors (Lipinski definition) is 0. The van der Waals surface area contributed by atoms with Crippen LogP contribution in [-0.4, -0.2) is 70.1 Å². The first-order chi connectivity index (χ1) is 13.1. The van der Waals surface area contributed by atoms with Crippen LogP contribution in [0.1, 0.15) is 32.1 Å². The lowest BCUT2D eigenvalue weighted by Crippen LogP contribution is -2.55. The highest BCUT2D eigenvalue weighted by molar-refractivity contribution is 5.86. The second-order valence-electron chi connectivity index (χ2n) is 7.82. The summed E-state index contributed by atoms with van der Waals surface area (Å²) in [6.45, 7) is 3.24. The molecule has 0 bridgehead atoms. The van der Waals surface area contributed by atoms with Crippen molar-refractivity contribution in [1.29, 1.82) is 0 Å². The molecule has 1 atom stereocenters. The topological polar surface area (TPSA) is 84.7 Å². The second-order valence-corrected chi connectivity index (χ2v) is 7.82. The van der Waals surface area contributed by atoms with Crippen LogP contribution in [0.4, 0.5) is 0 Å². The largest absolute Gasteiger partial charge is 0.381 e. The molecule has 4 rings (SSSR count). The third-order valence-corrected chi connectivity index (χ3v) is 6.20. The first-order valence-corrected chi connectivity index (χ1v) is 9.77. The van der Waals surface area contributed by atoms with E-state index < -0.39 is 11.1 Å². The van der Waals surface area contributed by atoms with Crippen molar-refractivity contribution in [2.24, 2.45) is 5.41 Å². The molecule has 8 heteroatoms. The molecule has 27 heavy (non-hydrogen) atoms. The average Bonchev–Trinajstić information content (AvgIpc) is 3.12. The van der Waals surface area contributed by atoms with Gasteiger partial charge in [0.2, 0.25) is 11.8 Å². The zero-order valence-electron chi connectivity index (χ0n) is 15.5. The minimum absolute atomic E-state index is 0.0272. The number of ether oxygens (including phenoxy) is 1. The molecule has 2 amide bonds. The third-order valence-electron chi connectivity index (χ3n) is 6.20. The number of amides is 2. The molecule has 3 saturated heterocycles. The lowest BCUT2D eigenvalue weighted by molar-refractivity contribution is -0.151. The molecule has 1 aromatic rings. The van der Waals surface area contributed by atoms with E-state index in [1.54, 1.807) is 17.2 Å². The van der Waals surface area contributed by atoms with Crippen molar-refractivity contribution in [3.8, 4) is 0 Å². The van der Waals surface area contributed by atoms with E-state index in [0.29, 0.717) is 32.7 Å². The molecular weight excluding hydrogens is 348 g/mol. The Hall–Kier alpha value is -2.22. The molecule has 0 N–H and O–H groups in total. The summed E-state index contributed by atoms with van der Waals surface area (Å²) < 4.78 is 6.74. The Kier molecular flexibility index (Phi) is 4.99. The van der Waals surface area contributed by atoms with Gasteiger partial charge in [-0.05, 0) is 38.2 Å². The predicted octanol–water partition coefficient (Wildman–Crippen LogP) is 0.263. The van der Waals surface area contributed by atoms with Crippen molar-refractivity contribution in [2.45, 2.75) is 44.7 Å². The van der Waals surface area contributed by atoms with E-state index in [9.17, 15) is 14.4 Å². The summed E-state index contributed by atoms with van der Waals surface area (Å²) in [4.78, 5) is 45.2. The maximum Gasteiger partial charge on any atom is 0.347 e. The Morgan fingerprint density at radius 1 is 1.22 bits per heavy atom. The van der Waals surface area contributed by atoms with Gasteiger partial charge >= 0.3 is 5.69 Å². The first kappa shape index (κ1) is 18.2. The molecule has 3 aliphatic heterocycles. The first-order valence-electron chi connectivity index (χ1n) is 9.77.